The van der Waals surface area contributed by atoms with Crippen molar-refractivity contribution >= 4 is 23.1 Å². The first-order valence-corrected chi connectivity index (χ1v) is 7.81. The largest absolute Gasteiger partial charge is 0.462 e. The molecule has 0 saturated heterocycles. The Labute approximate surface area is 141 Å². The van der Waals surface area contributed by atoms with Crippen LogP contribution in [0, 0.1) is 0 Å². The van der Waals surface area contributed by atoms with Gasteiger partial charge >= 0.3 is 12.1 Å². The molecule has 7 nitrogen and oxygen atoms in total. The van der Waals surface area contributed by atoms with Crippen molar-refractivity contribution in [1.29, 1.82) is 0 Å². The van der Waals surface area contributed by atoms with E-state index >= 15 is 0 Å². The van der Waals surface area contributed by atoms with E-state index in [2.05, 4.69) is 10.3 Å². The zero-order valence-corrected chi connectivity index (χ0v) is 14.7. The predicted molar refractivity (Wildman–Crippen MR) is 89.7 cm³/mol. The average Bonchev–Trinajstić information content (AvgIpc) is 2.80. The van der Waals surface area contributed by atoms with Gasteiger partial charge in [-0.15, -0.1) is 0 Å². The smallest absolute Gasteiger partial charge is 0.408 e. The van der Waals surface area contributed by atoms with E-state index in [1.54, 1.807) is 51.4 Å². The Hall–Kier alpha value is -2.57. The lowest BCUT2D eigenvalue weighted by Crippen LogP contribution is -2.32. The fourth-order valence-electron chi connectivity index (χ4n) is 2.31. The molecule has 7 heteroatoms. The van der Waals surface area contributed by atoms with E-state index in [0.29, 0.717) is 29.0 Å². The molecule has 0 atom stereocenters. The van der Waals surface area contributed by atoms with Crippen LogP contribution in [0.1, 0.15) is 43.9 Å². The molecule has 1 amide bonds. The van der Waals surface area contributed by atoms with Gasteiger partial charge in [0.25, 0.3) is 0 Å². The Bertz CT molecular complexity index is 759. The van der Waals surface area contributed by atoms with Crippen molar-refractivity contribution in [3.8, 4) is 0 Å². The van der Waals surface area contributed by atoms with Crippen LogP contribution in [0.15, 0.2) is 18.2 Å². The second-order valence-corrected chi connectivity index (χ2v) is 6.34. The summed E-state index contributed by atoms with van der Waals surface area (Å²) in [6.45, 7) is 7.66. The molecule has 0 aliphatic heterocycles. The maximum Gasteiger partial charge on any atom is 0.408 e. The standard InChI is InChI=1S/C17H23N3O4/c1-6-23-15(21)11-8-7-9-12-14(11)20(5)13(19-12)10-18-16(22)24-17(2,3)4/h7-9H,6,10H2,1-5H3,(H,18,22). The molecule has 0 spiro atoms. The van der Waals surface area contributed by atoms with E-state index < -0.39 is 17.7 Å². The van der Waals surface area contributed by atoms with Gasteiger partial charge in [0.2, 0.25) is 0 Å². The number of nitrogens with one attached hydrogen (secondary N) is 1. The quantitative estimate of drug-likeness (QED) is 0.870. The number of benzene rings is 1. The number of aromatic nitrogens is 2. The normalized spacial score (nSPS) is 11.4. The summed E-state index contributed by atoms with van der Waals surface area (Å²) in [7, 11) is 1.80. The number of carbonyl (C=O) groups is 2. The first-order valence-electron chi connectivity index (χ1n) is 7.81. The van der Waals surface area contributed by atoms with Gasteiger partial charge in [0, 0.05) is 7.05 Å². The fraction of sp³-hybridized carbons (Fsp3) is 0.471. The van der Waals surface area contributed by atoms with Gasteiger partial charge in [0.1, 0.15) is 11.4 Å². The van der Waals surface area contributed by atoms with Crippen LogP contribution in [-0.4, -0.2) is 33.8 Å². The van der Waals surface area contributed by atoms with Crippen molar-refractivity contribution in [2.24, 2.45) is 7.05 Å². The molecule has 1 aromatic carbocycles. The zero-order valence-electron chi connectivity index (χ0n) is 14.7. The lowest BCUT2D eigenvalue weighted by molar-refractivity contribution is 0.0513. The number of alkyl carbamates (subject to hydrolysis) is 1. The van der Waals surface area contributed by atoms with Gasteiger partial charge in [-0.05, 0) is 39.8 Å². The van der Waals surface area contributed by atoms with Crippen LogP contribution in [-0.2, 0) is 23.1 Å². The summed E-state index contributed by atoms with van der Waals surface area (Å²) in [6, 6.07) is 5.27. The van der Waals surface area contributed by atoms with Gasteiger partial charge < -0.3 is 19.4 Å². The summed E-state index contributed by atoms with van der Waals surface area (Å²) >= 11 is 0. The number of nitrogens with zero attached hydrogens (tertiary/aromatic N) is 2. The summed E-state index contributed by atoms with van der Waals surface area (Å²) in [5.74, 6) is 0.227. The van der Waals surface area contributed by atoms with Crippen LogP contribution < -0.4 is 5.32 Å². The van der Waals surface area contributed by atoms with Crippen LogP contribution in [0.2, 0.25) is 0 Å². The molecule has 1 heterocycles. The summed E-state index contributed by atoms with van der Waals surface area (Å²) in [5.41, 5.74) is 1.24. The number of aryl methyl sites for hydroxylation is 1. The third-order valence-electron chi connectivity index (χ3n) is 3.27. The molecule has 0 unspecified atom stereocenters. The second kappa shape index (κ2) is 6.90. The second-order valence-electron chi connectivity index (χ2n) is 6.34. The highest BCUT2D eigenvalue weighted by Gasteiger charge is 2.19. The lowest BCUT2D eigenvalue weighted by Gasteiger charge is -2.19. The topological polar surface area (TPSA) is 82.4 Å². The number of carbonyl (C=O) groups excluding carboxylic acids is 2. The number of rotatable bonds is 4. The van der Waals surface area contributed by atoms with Crippen molar-refractivity contribution in [3.05, 3.63) is 29.6 Å². The van der Waals surface area contributed by atoms with E-state index in [1.165, 1.54) is 0 Å². The molecule has 130 valence electrons. The van der Waals surface area contributed by atoms with E-state index in [9.17, 15) is 9.59 Å². The molecule has 0 saturated carbocycles. The summed E-state index contributed by atoms with van der Waals surface area (Å²) in [4.78, 5) is 28.3. The van der Waals surface area contributed by atoms with Crippen LogP contribution in [0.5, 0.6) is 0 Å². The molecule has 2 rings (SSSR count). The highest BCUT2D eigenvalue weighted by atomic mass is 16.6. The van der Waals surface area contributed by atoms with Crippen LogP contribution in [0.25, 0.3) is 11.0 Å². The van der Waals surface area contributed by atoms with Crippen molar-refractivity contribution in [3.63, 3.8) is 0 Å². The lowest BCUT2D eigenvalue weighted by atomic mass is 10.2. The number of imidazole rings is 1. The first-order chi connectivity index (χ1) is 11.2. The third-order valence-corrected chi connectivity index (χ3v) is 3.27. The molecule has 0 radical (unpaired) electrons. The van der Waals surface area contributed by atoms with Crippen molar-refractivity contribution in [1.82, 2.24) is 14.9 Å². The van der Waals surface area contributed by atoms with Crippen LogP contribution >= 0.6 is 0 Å². The average molecular weight is 333 g/mol. The molecule has 2 aromatic rings. The minimum atomic E-state index is -0.562. The van der Waals surface area contributed by atoms with Gasteiger partial charge in [-0.25, -0.2) is 14.6 Å². The van der Waals surface area contributed by atoms with Gasteiger partial charge in [0.05, 0.1) is 29.7 Å². The Morgan fingerprint density at radius 3 is 2.62 bits per heavy atom. The van der Waals surface area contributed by atoms with Crippen molar-refractivity contribution in [2.75, 3.05) is 6.61 Å². The number of ether oxygens (including phenoxy) is 2. The Morgan fingerprint density at radius 2 is 2.00 bits per heavy atom. The van der Waals surface area contributed by atoms with Crippen molar-refractivity contribution < 1.29 is 19.1 Å². The van der Waals surface area contributed by atoms with E-state index in [4.69, 9.17) is 9.47 Å². The maximum atomic E-state index is 12.1. The Balaban J connectivity index is 2.24. The van der Waals surface area contributed by atoms with E-state index in [1.807, 2.05) is 6.07 Å². The Morgan fingerprint density at radius 1 is 1.29 bits per heavy atom. The van der Waals surface area contributed by atoms with E-state index in [0.717, 1.165) is 0 Å². The number of para-hydroxylation sites is 1. The molecule has 24 heavy (non-hydrogen) atoms. The Kier molecular flexibility index (Phi) is 5.11. The molecule has 0 aliphatic rings. The number of hydrogen-bond acceptors (Lipinski definition) is 5. The van der Waals surface area contributed by atoms with Gasteiger partial charge in [0.15, 0.2) is 0 Å². The van der Waals surface area contributed by atoms with Gasteiger partial charge in [-0.2, -0.15) is 0 Å². The summed E-state index contributed by atoms with van der Waals surface area (Å²) < 4.78 is 12.1. The van der Waals surface area contributed by atoms with Crippen molar-refractivity contribution in [2.45, 2.75) is 39.8 Å². The number of amides is 1. The molecule has 0 bridgehead atoms. The molecular formula is C17H23N3O4. The van der Waals surface area contributed by atoms with Gasteiger partial charge in [-0.1, -0.05) is 6.07 Å². The highest BCUT2D eigenvalue weighted by Crippen LogP contribution is 2.20. The molecule has 0 fully saturated rings. The summed E-state index contributed by atoms with van der Waals surface area (Å²) in [5, 5.41) is 2.67. The first kappa shape index (κ1) is 17.8. The zero-order chi connectivity index (χ0) is 17.9. The predicted octanol–water partition coefficient (Wildman–Crippen LogP) is 2.77. The van der Waals surface area contributed by atoms with E-state index in [-0.39, 0.29) is 6.54 Å². The molecular weight excluding hydrogens is 310 g/mol. The third kappa shape index (κ3) is 4.04. The minimum Gasteiger partial charge on any atom is -0.462 e. The molecule has 1 N–H and O–H groups in total. The molecule has 0 aliphatic carbocycles. The molecule has 1 aromatic heterocycles. The minimum absolute atomic E-state index is 0.197. The summed E-state index contributed by atoms with van der Waals surface area (Å²) in [6.07, 6.45) is -0.514. The number of fused-ring (bicyclic) bond motifs is 1. The SMILES string of the molecule is CCOC(=O)c1cccc2nc(CNC(=O)OC(C)(C)C)n(C)c12. The van der Waals surface area contributed by atoms with Gasteiger partial charge in [-0.3, -0.25) is 0 Å². The monoisotopic (exact) mass is 333 g/mol. The van der Waals surface area contributed by atoms with Crippen LogP contribution in [0.4, 0.5) is 4.79 Å². The highest BCUT2D eigenvalue weighted by molar-refractivity contribution is 6.02. The maximum absolute atomic E-state index is 12.1. The van der Waals surface area contributed by atoms with Crippen LogP contribution in [0.3, 0.4) is 0 Å². The number of esters is 1. The fourth-order valence-corrected chi connectivity index (χ4v) is 2.31. The number of hydrogen-bond donors (Lipinski definition) is 1.